The molecule has 9 heteroatoms. The Balaban J connectivity index is 3.02. The molecule has 1 saturated heterocycles. The van der Waals surface area contributed by atoms with Gasteiger partial charge in [0.25, 0.3) is 0 Å². The summed E-state index contributed by atoms with van der Waals surface area (Å²) in [5.74, 6) is -1.35. The molecule has 1 rings (SSSR count). The van der Waals surface area contributed by atoms with Gasteiger partial charge < -0.3 is 29.4 Å². The number of unbranched alkanes of at least 4 members (excludes halogenated alkanes) is 1. The first-order chi connectivity index (χ1) is 14.5. The number of rotatable bonds is 14. The zero-order valence-corrected chi connectivity index (χ0v) is 18.4. The molecule has 0 aromatic carbocycles. The number of hydrogen-bond donors (Lipinski definition) is 1. The van der Waals surface area contributed by atoms with E-state index in [1.807, 2.05) is 20.8 Å². The number of carbonyl (C=O) groups excluding carboxylic acids is 3. The second-order valence-electron chi connectivity index (χ2n) is 7.26. The molecule has 0 radical (unpaired) electrons. The van der Waals surface area contributed by atoms with E-state index in [9.17, 15) is 14.4 Å². The maximum Gasteiger partial charge on any atom is 0.306 e. The molecule has 9 nitrogen and oxygen atoms in total. The summed E-state index contributed by atoms with van der Waals surface area (Å²) in [5, 5.41) is 0. The van der Waals surface area contributed by atoms with Gasteiger partial charge in [-0.05, 0) is 38.6 Å². The third-order valence-corrected chi connectivity index (χ3v) is 4.44. The lowest BCUT2D eigenvalue weighted by Gasteiger charge is -2.40. The number of nitrogens with two attached hydrogens (primary N) is 1. The van der Waals surface area contributed by atoms with Crippen LogP contribution in [0.4, 0.5) is 0 Å². The van der Waals surface area contributed by atoms with Crippen molar-refractivity contribution in [2.75, 3.05) is 19.8 Å². The second kappa shape index (κ2) is 15.1. The maximum atomic E-state index is 12.2. The van der Waals surface area contributed by atoms with Crippen molar-refractivity contribution in [3.63, 3.8) is 0 Å². The molecule has 1 aliphatic heterocycles. The lowest BCUT2D eigenvalue weighted by Crippen LogP contribution is -2.58. The van der Waals surface area contributed by atoms with Gasteiger partial charge in [0.05, 0.1) is 6.61 Å². The maximum absolute atomic E-state index is 12.2. The van der Waals surface area contributed by atoms with Crippen molar-refractivity contribution in [2.24, 2.45) is 5.73 Å². The van der Waals surface area contributed by atoms with Crippen molar-refractivity contribution in [3.8, 4) is 0 Å². The molecule has 1 unspecified atom stereocenters. The smallest absolute Gasteiger partial charge is 0.306 e. The van der Waals surface area contributed by atoms with Gasteiger partial charge in [-0.3, -0.25) is 14.4 Å². The van der Waals surface area contributed by atoms with Gasteiger partial charge >= 0.3 is 17.9 Å². The van der Waals surface area contributed by atoms with Crippen molar-refractivity contribution < 1.29 is 38.1 Å². The molecule has 1 heterocycles. The van der Waals surface area contributed by atoms with Gasteiger partial charge in [-0.25, -0.2) is 0 Å². The molecule has 1 fully saturated rings. The minimum atomic E-state index is -1.03. The lowest BCUT2D eigenvalue weighted by atomic mass is 10.0. The highest BCUT2D eigenvalue weighted by Crippen LogP contribution is 2.26. The van der Waals surface area contributed by atoms with Crippen LogP contribution in [0.1, 0.15) is 72.1 Å². The molecule has 0 aliphatic carbocycles. The Kier molecular flexibility index (Phi) is 13.3. The van der Waals surface area contributed by atoms with Gasteiger partial charge in [0, 0.05) is 25.9 Å². The normalized spacial score (nSPS) is 23.6. The van der Waals surface area contributed by atoms with E-state index >= 15 is 0 Å². The molecule has 0 aromatic rings. The van der Waals surface area contributed by atoms with E-state index in [1.165, 1.54) is 0 Å². The third kappa shape index (κ3) is 9.40. The zero-order chi connectivity index (χ0) is 22.4. The Bertz CT molecular complexity index is 527. The molecule has 1 aliphatic rings. The first-order valence-electron chi connectivity index (χ1n) is 11.0. The Hall–Kier alpha value is -1.71. The van der Waals surface area contributed by atoms with Crippen LogP contribution in [0.2, 0.25) is 0 Å². The van der Waals surface area contributed by atoms with Crippen LogP contribution in [-0.4, -0.2) is 62.3 Å². The fourth-order valence-corrected chi connectivity index (χ4v) is 2.96. The Morgan fingerprint density at radius 2 is 1.37 bits per heavy atom. The van der Waals surface area contributed by atoms with Crippen molar-refractivity contribution in [1.82, 2.24) is 0 Å². The Morgan fingerprint density at radius 1 is 0.833 bits per heavy atom. The summed E-state index contributed by atoms with van der Waals surface area (Å²) in [6.07, 6.45) is 0.0924. The number of esters is 3. The fourth-order valence-electron chi connectivity index (χ4n) is 2.96. The molecule has 0 aromatic heterocycles. The van der Waals surface area contributed by atoms with E-state index in [2.05, 4.69) is 0 Å². The van der Waals surface area contributed by atoms with Crippen molar-refractivity contribution in [1.29, 1.82) is 0 Å². The van der Waals surface area contributed by atoms with Crippen LogP contribution in [0.15, 0.2) is 0 Å². The van der Waals surface area contributed by atoms with Gasteiger partial charge in [0.15, 0.2) is 24.6 Å². The van der Waals surface area contributed by atoms with Crippen LogP contribution in [0.25, 0.3) is 0 Å². The fraction of sp³-hybridized carbons (Fsp3) is 0.857. The first kappa shape index (κ1) is 26.3. The average Bonchev–Trinajstić information content (AvgIpc) is 2.69. The molecular weight excluding hydrogens is 394 g/mol. The summed E-state index contributed by atoms with van der Waals surface area (Å²) in [6.45, 7) is 6.43. The lowest BCUT2D eigenvalue weighted by molar-refractivity contribution is -0.282. The van der Waals surface area contributed by atoms with Crippen LogP contribution in [0.5, 0.6) is 0 Å². The van der Waals surface area contributed by atoms with Gasteiger partial charge in [0.1, 0.15) is 0 Å². The number of ether oxygens (including phenoxy) is 5. The highest BCUT2D eigenvalue weighted by atomic mass is 16.7. The van der Waals surface area contributed by atoms with E-state index in [0.29, 0.717) is 38.8 Å². The third-order valence-electron chi connectivity index (χ3n) is 4.44. The van der Waals surface area contributed by atoms with Gasteiger partial charge in [-0.15, -0.1) is 0 Å². The van der Waals surface area contributed by atoms with Crippen LogP contribution < -0.4 is 5.73 Å². The zero-order valence-electron chi connectivity index (χ0n) is 18.4. The number of carbonyl (C=O) groups is 3. The molecular formula is C21H37NO8. The van der Waals surface area contributed by atoms with Crippen molar-refractivity contribution in [2.45, 2.75) is 96.7 Å². The van der Waals surface area contributed by atoms with E-state index in [0.717, 1.165) is 6.42 Å². The van der Waals surface area contributed by atoms with E-state index in [1.54, 1.807) is 0 Å². The van der Waals surface area contributed by atoms with Crippen LogP contribution in [-0.2, 0) is 38.1 Å². The predicted molar refractivity (Wildman–Crippen MR) is 108 cm³/mol. The topological polar surface area (TPSA) is 123 Å². The summed E-state index contributed by atoms with van der Waals surface area (Å²) >= 11 is 0. The van der Waals surface area contributed by atoms with Crippen molar-refractivity contribution >= 4 is 17.9 Å². The largest absolute Gasteiger partial charge is 0.456 e. The average molecular weight is 432 g/mol. The Labute approximate surface area is 178 Å². The minimum absolute atomic E-state index is 0.0249. The van der Waals surface area contributed by atoms with Gasteiger partial charge in [-0.1, -0.05) is 20.8 Å². The summed E-state index contributed by atoms with van der Waals surface area (Å²) in [5.41, 5.74) is 5.51. The van der Waals surface area contributed by atoms with Crippen LogP contribution >= 0.6 is 0 Å². The molecule has 4 atom stereocenters. The van der Waals surface area contributed by atoms with E-state index in [4.69, 9.17) is 29.4 Å². The SMILES string of the molecule is CCCC(=O)O[C@@H]1[C@H](OC(=O)CCC)COC(OCCCCN)[C@@H]1OC(=O)CCC. The monoisotopic (exact) mass is 431 g/mol. The van der Waals surface area contributed by atoms with Gasteiger partial charge in [0.2, 0.25) is 0 Å². The van der Waals surface area contributed by atoms with E-state index < -0.39 is 42.5 Å². The van der Waals surface area contributed by atoms with Crippen LogP contribution in [0, 0.1) is 0 Å². The quantitative estimate of drug-likeness (QED) is 0.250. The molecule has 2 N–H and O–H groups in total. The van der Waals surface area contributed by atoms with Crippen LogP contribution in [0.3, 0.4) is 0 Å². The molecule has 0 spiro atoms. The van der Waals surface area contributed by atoms with Gasteiger partial charge in [-0.2, -0.15) is 0 Å². The molecule has 0 amide bonds. The molecule has 0 saturated carbocycles. The standard InChI is InChI=1S/C21H37NO8/c1-4-9-16(23)28-15-14-27-21(26-13-8-7-12-22)20(30-18(25)11-6-3)19(15)29-17(24)10-5-2/h15,19-21H,4-14,22H2,1-3H3/t15-,19-,20-,21?/m1/s1. The van der Waals surface area contributed by atoms with Crippen molar-refractivity contribution in [3.05, 3.63) is 0 Å². The summed E-state index contributed by atoms with van der Waals surface area (Å²) in [4.78, 5) is 36.5. The highest BCUT2D eigenvalue weighted by Gasteiger charge is 2.48. The molecule has 0 bridgehead atoms. The summed E-state index contributed by atoms with van der Waals surface area (Å²) < 4.78 is 28.1. The molecule has 30 heavy (non-hydrogen) atoms. The summed E-state index contributed by atoms with van der Waals surface area (Å²) in [6, 6.07) is 0. The minimum Gasteiger partial charge on any atom is -0.456 e. The second-order valence-corrected chi connectivity index (χ2v) is 7.26. The Morgan fingerprint density at radius 3 is 1.90 bits per heavy atom. The molecule has 174 valence electrons. The first-order valence-corrected chi connectivity index (χ1v) is 11.0. The summed E-state index contributed by atoms with van der Waals surface area (Å²) in [7, 11) is 0. The van der Waals surface area contributed by atoms with E-state index in [-0.39, 0.29) is 25.9 Å². The number of hydrogen-bond acceptors (Lipinski definition) is 9. The predicted octanol–water partition coefficient (Wildman–Crippen LogP) is 2.23. The highest BCUT2D eigenvalue weighted by molar-refractivity contribution is 5.71.